The Labute approximate surface area is 244 Å². The van der Waals surface area contributed by atoms with Crippen LogP contribution in [0.4, 0.5) is 11.6 Å². The maximum Gasteiger partial charge on any atom is 0.339 e. The van der Waals surface area contributed by atoms with Gasteiger partial charge in [-0.25, -0.2) is 19.7 Å². The topological polar surface area (TPSA) is 101 Å². The molecule has 5 rings (SSSR count). The molecule has 1 aliphatic heterocycles. The number of carbonyl (C=O) groups is 2. The van der Waals surface area contributed by atoms with Crippen molar-refractivity contribution in [3.8, 4) is 0 Å². The molecule has 9 nitrogen and oxygen atoms in total. The van der Waals surface area contributed by atoms with Crippen molar-refractivity contribution < 1.29 is 14.3 Å². The molecule has 0 spiro atoms. The summed E-state index contributed by atoms with van der Waals surface area (Å²) in [6, 6.07) is 1.93. The summed E-state index contributed by atoms with van der Waals surface area (Å²) in [6.45, 7) is 10.6. The molecule has 222 valence electrons. The fourth-order valence-electron chi connectivity index (χ4n) is 6.67. The van der Waals surface area contributed by atoms with Crippen LogP contribution in [0.2, 0.25) is 0 Å². The molecule has 3 fully saturated rings. The van der Waals surface area contributed by atoms with Crippen molar-refractivity contribution in [1.82, 2.24) is 19.9 Å². The molecule has 0 atom stereocenters. The number of pyridine rings is 1. The van der Waals surface area contributed by atoms with Gasteiger partial charge in [0.1, 0.15) is 17.3 Å². The van der Waals surface area contributed by atoms with Crippen LogP contribution < -0.4 is 10.2 Å². The maximum absolute atomic E-state index is 13.9. The summed E-state index contributed by atoms with van der Waals surface area (Å²) >= 11 is 0. The third kappa shape index (κ3) is 6.49. The average Bonchev–Trinajstić information content (AvgIpc) is 2.93. The van der Waals surface area contributed by atoms with Gasteiger partial charge >= 0.3 is 5.97 Å². The maximum atomic E-state index is 13.9. The van der Waals surface area contributed by atoms with Crippen LogP contribution in [0.1, 0.15) is 103 Å². The number of ether oxygens (including phenoxy) is 1. The van der Waals surface area contributed by atoms with E-state index in [1.165, 1.54) is 58.5 Å². The Hall–Kier alpha value is -3.23. The van der Waals surface area contributed by atoms with Crippen LogP contribution in [0.3, 0.4) is 0 Å². The second-order valence-electron chi connectivity index (χ2n) is 12.9. The molecule has 0 unspecified atom stereocenters. The molecule has 0 radical (unpaired) electrons. The van der Waals surface area contributed by atoms with E-state index >= 15 is 0 Å². The molecule has 1 amide bonds. The van der Waals surface area contributed by atoms with E-state index in [1.54, 1.807) is 6.20 Å². The Kier molecular flexibility index (Phi) is 8.80. The summed E-state index contributed by atoms with van der Waals surface area (Å²) in [5.74, 6) is 2.55. The standard InChI is InChI=1S/C32H46N6O3/c1-21-16-27(35-22(2)28(21)31(40)41-5)37-14-15-38(32(3,4)20-37)30(39)26-19-34-29(25(36-26)17-23-12-9-13-23)33-18-24-10-7-6-8-11-24/h16,19,23-24H,6-15,17-18,20H2,1-5H3,(H,33,34). The van der Waals surface area contributed by atoms with E-state index in [0.29, 0.717) is 48.4 Å². The van der Waals surface area contributed by atoms with E-state index in [0.717, 1.165) is 35.9 Å². The minimum Gasteiger partial charge on any atom is -0.465 e. The molecule has 41 heavy (non-hydrogen) atoms. The highest BCUT2D eigenvalue weighted by Crippen LogP contribution is 2.32. The zero-order valence-corrected chi connectivity index (χ0v) is 25.5. The first-order chi connectivity index (χ1) is 19.7. The van der Waals surface area contributed by atoms with Crippen LogP contribution in [0.25, 0.3) is 0 Å². The Morgan fingerprint density at radius 3 is 2.39 bits per heavy atom. The summed E-state index contributed by atoms with van der Waals surface area (Å²) in [5, 5.41) is 3.61. The number of rotatable bonds is 8. The van der Waals surface area contributed by atoms with Crippen molar-refractivity contribution in [2.24, 2.45) is 11.8 Å². The molecule has 2 aromatic heterocycles. The number of methoxy groups -OCH3 is 1. The highest BCUT2D eigenvalue weighted by Gasteiger charge is 2.39. The van der Waals surface area contributed by atoms with Crippen LogP contribution in [0.15, 0.2) is 12.3 Å². The van der Waals surface area contributed by atoms with Crippen LogP contribution in [-0.2, 0) is 11.2 Å². The van der Waals surface area contributed by atoms with Gasteiger partial charge < -0.3 is 19.9 Å². The minimum atomic E-state index is -0.451. The van der Waals surface area contributed by atoms with Gasteiger partial charge in [0, 0.05) is 26.2 Å². The highest BCUT2D eigenvalue weighted by atomic mass is 16.5. The van der Waals surface area contributed by atoms with Crippen LogP contribution in [-0.4, -0.2) is 70.6 Å². The lowest BCUT2D eigenvalue weighted by molar-refractivity contribution is 0.0505. The number of aryl methyl sites for hydroxylation is 2. The van der Waals surface area contributed by atoms with Gasteiger partial charge in [-0.3, -0.25) is 4.79 Å². The predicted octanol–water partition coefficient (Wildman–Crippen LogP) is 5.35. The molecule has 1 N–H and O–H groups in total. The number of esters is 1. The third-order valence-corrected chi connectivity index (χ3v) is 9.30. The van der Waals surface area contributed by atoms with Gasteiger partial charge in [-0.1, -0.05) is 38.5 Å². The predicted molar refractivity (Wildman–Crippen MR) is 161 cm³/mol. The average molecular weight is 563 g/mol. The fourth-order valence-corrected chi connectivity index (χ4v) is 6.67. The van der Waals surface area contributed by atoms with Gasteiger partial charge in [0.25, 0.3) is 5.91 Å². The van der Waals surface area contributed by atoms with Gasteiger partial charge in [0.05, 0.1) is 35.8 Å². The first kappa shape index (κ1) is 29.3. The zero-order valence-electron chi connectivity index (χ0n) is 25.5. The summed E-state index contributed by atoms with van der Waals surface area (Å²) < 4.78 is 4.93. The normalized spacial score (nSPS) is 19.5. The van der Waals surface area contributed by atoms with E-state index < -0.39 is 5.54 Å². The number of piperazine rings is 1. The minimum absolute atomic E-state index is 0.0720. The SMILES string of the molecule is COC(=O)c1c(C)cc(N2CCN(C(=O)c3cnc(NCC4CCCCC4)c(CC4CCC4)n3)C(C)(C)C2)nc1C. The molecular formula is C32H46N6O3. The lowest BCUT2D eigenvalue weighted by Crippen LogP contribution is -2.61. The highest BCUT2D eigenvalue weighted by molar-refractivity contribution is 5.93. The van der Waals surface area contributed by atoms with Crippen LogP contribution >= 0.6 is 0 Å². The number of anilines is 2. The molecule has 0 bridgehead atoms. The molecule has 3 heterocycles. The molecule has 0 aromatic carbocycles. The molecule has 1 saturated heterocycles. The van der Waals surface area contributed by atoms with E-state index in [2.05, 4.69) is 24.1 Å². The van der Waals surface area contributed by atoms with Gasteiger partial charge in [-0.05, 0) is 70.4 Å². The molecular weight excluding hydrogens is 516 g/mol. The van der Waals surface area contributed by atoms with Crippen molar-refractivity contribution in [2.45, 2.75) is 91.0 Å². The zero-order chi connectivity index (χ0) is 29.1. The molecule has 3 aliphatic rings. The van der Waals surface area contributed by atoms with E-state index in [1.807, 2.05) is 24.8 Å². The summed E-state index contributed by atoms with van der Waals surface area (Å²) in [5.41, 5.74) is 2.91. The second-order valence-corrected chi connectivity index (χ2v) is 12.9. The lowest BCUT2D eigenvalue weighted by Gasteiger charge is -2.47. The number of nitrogens with zero attached hydrogens (tertiary/aromatic N) is 5. The summed E-state index contributed by atoms with van der Waals surface area (Å²) in [4.78, 5) is 44.6. The Morgan fingerprint density at radius 2 is 1.76 bits per heavy atom. The first-order valence-corrected chi connectivity index (χ1v) is 15.4. The first-order valence-electron chi connectivity index (χ1n) is 15.4. The fraction of sp³-hybridized carbons (Fsp3) is 0.656. The summed E-state index contributed by atoms with van der Waals surface area (Å²) in [7, 11) is 1.39. The number of hydrogen-bond acceptors (Lipinski definition) is 8. The molecule has 2 aliphatic carbocycles. The lowest BCUT2D eigenvalue weighted by atomic mass is 9.82. The van der Waals surface area contributed by atoms with Gasteiger partial charge in [-0.2, -0.15) is 0 Å². The second kappa shape index (κ2) is 12.3. The summed E-state index contributed by atoms with van der Waals surface area (Å²) in [6.07, 6.45) is 12.8. The number of amides is 1. The molecule has 2 saturated carbocycles. The van der Waals surface area contributed by atoms with Crippen molar-refractivity contribution in [2.75, 3.05) is 43.5 Å². The van der Waals surface area contributed by atoms with E-state index in [9.17, 15) is 9.59 Å². The smallest absolute Gasteiger partial charge is 0.339 e. The Bertz CT molecular complexity index is 1250. The number of carbonyl (C=O) groups excluding carboxylic acids is 2. The van der Waals surface area contributed by atoms with E-state index in [4.69, 9.17) is 19.7 Å². The van der Waals surface area contributed by atoms with Crippen LogP contribution in [0, 0.1) is 25.7 Å². The van der Waals surface area contributed by atoms with Crippen molar-refractivity contribution >= 4 is 23.5 Å². The molecule has 2 aromatic rings. The number of aromatic nitrogens is 3. The van der Waals surface area contributed by atoms with Gasteiger partial charge in [-0.15, -0.1) is 0 Å². The largest absolute Gasteiger partial charge is 0.465 e. The van der Waals surface area contributed by atoms with Crippen molar-refractivity contribution in [3.63, 3.8) is 0 Å². The Morgan fingerprint density at radius 1 is 1.02 bits per heavy atom. The molecule has 9 heteroatoms. The van der Waals surface area contributed by atoms with Gasteiger partial charge in [0.15, 0.2) is 0 Å². The van der Waals surface area contributed by atoms with Gasteiger partial charge in [0.2, 0.25) is 0 Å². The quantitative estimate of drug-likeness (QED) is 0.430. The van der Waals surface area contributed by atoms with Crippen molar-refractivity contribution in [1.29, 1.82) is 0 Å². The number of nitrogens with one attached hydrogen (secondary N) is 1. The van der Waals surface area contributed by atoms with Crippen LogP contribution in [0.5, 0.6) is 0 Å². The number of hydrogen-bond donors (Lipinski definition) is 1. The monoisotopic (exact) mass is 562 g/mol. The third-order valence-electron chi connectivity index (χ3n) is 9.30. The van der Waals surface area contributed by atoms with Crippen molar-refractivity contribution in [3.05, 3.63) is 40.5 Å². The Balaban J connectivity index is 1.31. The van der Waals surface area contributed by atoms with E-state index in [-0.39, 0.29) is 11.9 Å².